The highest BCUT2D eigenvalue weighted by atomic mass is 35.7. The summed E-state index contributed by atoms with van der Waals surface area (Å²) >= 11 is 0. The smallest absolute Gasteiger partial charge is 0.238 e. The minimum atomic E-state index is -3.56. The second-order valence-electron chi connectivity index (χ2n) is 3.38. The van der Waals surface area contributed by atoms with Gasteiger partial charge < -0.3 is 0 Å². The van der Waals surface area contributed by atoms with E-state index in [2.05, 4.69) is 10.3 Å². The first kappa shape index (κ1) is 11.5. The molecule has 0 fully saturated rings. The van der Waals surface area contributed by atoms with Crippen LogP contribution >= 0.6 is 10.7 Å². The third-order valence-corrected chi connectivity index (χ3v) is 2.75. The number of aromatic nitrogens is 3. The van der Waals surface area contributed by atoms with Crippen LogP contribution in [0.25, 0.3) is 0 Å². The average Bonchev–Trinajstić information content (AvgIpc) is 2.27. The number of rotatable bonds is 3. The van der Waals surface area contributed by atoms with Crippen LogP contribution in [0.2, 0.25) is 0 Å². The van der Waals surface area contributed by atoms with Crippen molar-refractivity contribution in [3.8, 4) is 0 Å². The fourth-order valence-corrected chi connectivity index (χ4v) is 2.22. The average molecular weight is 238 g/mol. The molecule has 14 heavy (non-hydrogen) atoms. The molecule has 0 aliphatic heterocycles. The van der Waals surface area contributed by atoms with E-state index in [9.17, 15) is 8.42 Å². The monoisotopic (exact) mass is 237 g/mol. The van der Waals surface area contributed by atoms with Gasteiger partial charge in [0.15, 0.2) is 0 Å². The molecule has 80 valence electrons. The molecule has 0 radical (unpaired) electrons. The predicted octanol–water partition coefficient (Wildman–Crippen LogP) is 1.01. The van der Waals surface area contributed by atoms with Crippen molar-refractivity contribution in [1.29, 1.82) is 0 Å². The van der Waals surface area contributed by atoms with Gasteiger partial charge >= 0.3 is 0 Å². The molecule has 0 aromatic carbocycles. The van der Waals surface area contributed by atoms with Gasteiger partial charge in [0.1, 0.15) is 11.4 Å². The first-order valence-electron chi connectivity index (χ1n) is 4.12. The molecule has 1 rings (SSSR count). The molecule has 5 nitrogen and oxygen atoms in total. The normalized spacial score (nSPS) is 12.4. The third kappa shape index (κ3) is 2.68. The fraction of sp³-hybridized carbons (Fsp3) is 0.714. The van der Waals surface area contributed by atoms with Crippen LogP contribution < -0.4 is 0 Å². The van der Waals surface area contributed by atoms with Gasteiger partial charge in [-0.15, -0.1) is 5.10 Å². The maximum Gasteiger partial charge on any atom is 0.238 e. The Balaban J connectivity index is 3.10. The highest BCUT2D eigenvalue weighted by Gasteiger charge is 2.18. The summed E-state index contributed by atoms with van der Waals surface area (Å²) < 4.78 is 23.3. The van der Waals surface area contributed by atoms with Crippen molar-refractivity contribution >= 4 is 19.7 Å². The van der Waals surface area contributed by atoms with Crippen LogP contribution in [0.4, 0.5) is 0 Å². The molecular weight excluding hydrogens is 226 g/mol. The predicted molar refractivity (Wildman–Crippen MR) is 53.6 cm³/mol. The zero-order valence-electron chi connectivity index (χ0n) is 8.23. The summed E-state index contributed by atoms with van der Waals surface area (Å²) in [6, 6.07) is 0. The zero-order valence-corrected chi connectivity index (χ0v) is 9.80. The van der Waals surface area contributed by atoms with Gasteiger partial charge in [0.05, 0.1) is 5.69 Å². The lowest BCUT2D eigenvalue weighted by atomic mass is 10.1. The Labute approximate surface area is 87.5 Å². The molecule has 0 N–H and O–H groups in total. The van der Waals surface area contributed by atoms with Crippen LogP contribution in [0.1, 0.15) is 31.2 Å². The van der Waals surface area contributed by atoms with Crippen molar-refractivity contribution in [2.45, 2.75) is 25.5 Å². The zero-order chi connectivity index (χ0) is 10.9. The molecule has 0 unspecified atom stereocenters. The topological polar surface area (TPSA) is 64.8 Å². The van der Waals surface area contributed by atoms with Crippen LogP contribution in [-0.2, 0) is 21.9 Å². The Morgan fingerprint density at radius 1 is 1.50 bits per heavy atom. The van der Waals surface area contributed by atoms with Gasteiger partial charge in [-0.3, -0.25) is 4.68 Å². The van der Waals surface area contributed by atoms with Crippen LogP contribution in [0, 0.1) is 0 Å². The van der Waals surface area contributed by atoms with Crippen molar-refractivity contribution in [3.63, 3.8) is 0 Å². The van der Waals surface area contributed by atoms with E-state index in [0.717, 1.165) is 5.69 Å². The Morgan fingerprint density at radius 2 is 2.07 bits per heavy atom. The Kier molecular flexibility index (Phi) is 3.16. The standard InChI is InChI=1S/C7H12ClN3O2S/c1-5(2)7-6(4-14(8,12)13)9-10-11(7)3/h5H,4H2,1-3H3. The van der Waals surface area contributed by atoms with Gasteiger partial charge in [0, 0.05) is 17.7 Å². The Bertz CT molecular complexity index is 424. The van der Waals surface area contributed by atoms with Crippen molar-refractivity contribution in [2.24, 2.45) is 7.05 Å². The van der Waals surface area contributed by atoms with E-state index < -0.39 is 9.05 Å². The number of halogens is 1. The lowest BCUT2D eigenvalue weighted by molar-refractivity contribution is 0.607. The summed E-state index contributed by atoms with van der Waals surface area (Å²) in [4.78, 5) is 0. The van der Waals surface area contributed by atoms with E-state index in [1.807, 2.05) is 13.8 Å². The van der Waals surface area contributed by atoms with Crippen molar-refractivity contribution in [3.05, 3.63) is 11.4 Å². The Morgan fingerprint density at radius 3 is 2.50 bits per heavy atom. The molecule has 0 aliphatic rings. The molecule has 1 aromatic heterocycles. The van der Waals surface area contributed by atoms with Gasteiger partial charge in [-0.05, 0) is 5.92 Å². The molecule has 0 saturated carbocycles. The van der Waals surface area contributed by atoms with Crippen LogP contribution in [-0.4, -0.2) is 23.4 Å². The first-order chi connectivity index (χ1) is 6.31. The van der Waals surface area contributed by atoms with Crippen molar-refractivity contribution < 1.29 is 8.42 Å². The summed E-state index contributed by atoms with van der Waals surface area (Å²) in [6.07, 6.45) is 0. The minimum Gasteiger partial charge on any atom is -0.252 e. The number of aryl methyl sites for hydroxylation is 1. The molecule has 0 atom stereocenters. The van der Waals surface area contributed by atoms with Gasteiger partial charge in [-0.2, -0.15) is 0 Å². The summed E-state index contributed by atoms with van der Waals surface area (Å²) in [5.41, 5.74) is 1.23. The highest BCUT2D eigenvalue weighted by Crippen LogP contribution is 2.19. The van der Waals surface area contributed by atoms with Gasteiger partial charge in [-0.25, -0.2) is 8.42 Å². The molecule has 0 aliphatic carbocycles. The summed E-state index contributed by atoms with van der Waals surface area (Å²) in [7, 11) is 3.31. The van der Waals surface area contributed by atoms with Crippen molar-refractivity contribution in [1.82, 2.24) is 15.0 Å². The fourth-order valence-electron chi connectivity index (χ4n) is 1.38. The lowest BCUT2D eigenvalue weighted by Crippen LogP contribution is -2.05. The van der Waals surface area contributed by atoms with Crippen LogP contribution in [0.3, 0.4) is 0 Å². The maximum absolute atomic E-state index is 10.9. The van der Waals surface area contributed by atoms with Gasteiger partial charge in [-0.1, -0.05) is 19.1 Å². The number of hydrogen-bond donors (Lipinski definition) is 0. The van der Waals surface area contributed by atoms with E-state index in [0.29, 0.717) is 5.69 Å². The second-order valence-corrected chi connectivity index (χ2v) is 6.16. The van der Waals surface area contributed by atoms with E-state index >= 15 is 0 Å². The van der Waals surface area contributed by atoms with E-state index in [4.69, 9.17) is 10.7 Å². The third-order valence-electron chi connectivity index (χ3n) is 1.80. The summed E-state index contributed by atoms with van der Waals surface area (Å²) in [6.45, 7) is 3.89. The lowest BCUT2D eigenvalue weighted by Gasteiger charge is -2.06. The quantitative estimate of drug-likeness (QED) is 0.736. The number of hydrogen-bond acceptors (Lipinski definition) is 4. The van der Waals surface area contributed by atoms with Crippen LogP contribution in [0.15, 0.2) is 0 Å². The van der Waals surface area contributed by atoms with E-state index in [-0.39, 0.29) is 11.7 Å². The summed E-state index contributed by atoms with van der Waals surface area (Å²) in [5, 5.41) is 7.54. The molecule has 0 amide bonds. The van der Waals surface area contributed by atoms with E-state index in [1.165, 1.54) is 0 Å². The van der Waals surface area contributed by atoms with Crippen LogP contribution in [0.5, 0.6) is 0 Å². The molecule has 0 saturated heterocycles. The van der Waals surface area contributed by atoms with E-state index in [1.54, 1.807) is 11.7 Å². The summed E-state index contributed by atoms with van der Waals surface area (Å²) in [5.74, 6) is -0.0981. The minimum absolute atomic E-state index is 0.170. The maximum atomic E-state index is 10.9. The van der Waals surface area contributed by atoms with Crippen molar-refractivity contribution in [2.75, 3.05) is 0 Å². The number of nitrogens with zero attached hydrogens (tertiary/aromatic N) is 3. The molecule has 1 aromatic rings. The Hall–Kier alpha value is -0.620. The SMILES string of the molecule is CC(C)c1c(CS(=O)(=O)Cl)nnn1C. The molecule has 1 heterocycles. The van der Waals surface area contributed by atoms with Gasteiger partial charge in [0.25, 0.3) is 0 Å². The highest BCUT2D eigenvalue weighted by molar-refractivity contribution is 8.13. The second kappa shape index (κ2) is 3.86. The molecular formula is C7H12ClN3O2S. The largest absolute Gasteiger partial charge is 0.252 e. The van der Waals surface area contributed by atoms with Gasteiger partial charge in [0.2, 0.25) is 9.05 Å². The first-order valence-corrected chi connectivity index (χ1v) is 6.60. The molecule has 0 spiro atoms. The molecule has 7 heteroatoms. The molecule has 0 bridgehead atoms.